The van der Waals surface area contributed by atoms with Crippen LogP contribution < -0.4 is 15.8 Å². The number of thioether (sulfide) groups is 1. The molecule has 2 aliphatic heterocycles. The molecule has 0 spiro atoms. The predicted octanol–water partition coefficient (Wildman–Crippen LogP) is 3.23. The maximum Gasteiger partial charge on any atom is 0.269 e. The maximum absolute atomic E-state index is 13.3. The molecule has 1 aromatic carbocycles. The first-order valence-electron chi connectivity index (χ1n) is 9.90. The van der Waals surface area contributed by atoms with Gasteiger partial charge in [-0.1, -0.05) is 18.2 Å². The van der Waals surface area contributed by atoms with Crippen LogP contribution in [0.1, 0.15) is 29.0 Å². The fourth-order valence-electron chi connectivity index (χ4n) is 3.71. The first kappa shape index (κ1) is 20.0. The van der Waals surface area contributed by atoms with Crippen LogP contribution in [-0.4, -0.2) is 26.9 Å². The van der Waals surface area contributed by atoms with Gasteiger partial charge < -0.3 is 4.90 Å². The number of aliphatic imine (C=N–C) groups is 1. The third-order valence-electron chi connectivity index (χ3n) is 5.16. The normalized spacial score (nSPS) is 16.7. The second-order valence-electron chi connectivity index (χ2n) is 7.13. The summed E-state index contributed by atoms with van der Waals surface area (Å²) in [6, 6.07) is 16.2. The second-order valence-corrected chi connectivity index (χ2v) is 8.14. The standard InChI is InChI=1S/C23H18N6O2S/c1-14-19(22(31)28-27-21(30)15-9-12-24-13-10-15)20(16-6-4-5-11-25-16)29-17-7-2-3-8-18(17)32-23(29)26-14/h2-13,20H,1H3,(H,27,30)(H,28,31). The number of carbonyl (C=O) groups is 2. The fourth-order valence-corrected chi connectivity index (χ4v) is 4.81. The lowest BCUT2D eigenvalue weighted by atomic mass is 9.97. The van der Waals surface area contributed by atoms with Crippen LogP contribution in [0.3, 0.4) is 0 Å². The van der Waals surface area contributed by atoms with Crippen LogP contribution >= 0.6 is 11.8 Å². The van der Waals surface area contributed by atoms with Crippen molar-refractivity contribution in [3.8, 4) is 0 Å². The molecule has 1 atom stereocenters. The summed E-state index contributed by atoms with van der Waals surface area (Å²) >= 11 is 1.56. The smallest absolute Gasteiger partial charge is 0.269 e. The lowest BCUT2D eigenvalue weighted by molar-refractivity contribution is -0.118. The van der Waals surface area contributed by atoms with E-state index < -0.39 is 17.9 Å². The van der Waals surface area contributed by atoms with Crippen molar-refractivity contribution in [3.63, 3.8) is 0 Å². The van der Waals surface area contributed by atoms with Crippen molar-refractivity contribution in [1.29, 1.82) is 0 Å². The first-order valence-corrected chi connectivity index (χ1v) is 10.7. The summed E-state index contributed by atoms with van der Waals surface area (Å²) in [6.45, 7) is 1.80. The van der Waals surface area contributed by atoms with Crippen LogP contribution in [0, 0.1) is 0 Å². The number of amidine groups is 1. The Balaban J connectivity index is 1.49. The summed E-state index contributed by atoms with van der Waals surface area (Å²) in [4.78, 5) is 41.9. The van der Waals surface area contributed by atoms with Crippen molar-refractivity contribution in [2.45, 2.75) is 17.9 Å². The van der Waals surface area contributed by atoms with Crippen molar-refractivity contribution in [3.05, 3.63) is 95.7 Å². The van der Waals surface area contributed by atoms with Crippen LogP contribution in [0.15, 0.2) is 94.3 Å². The molecule has 9 heteroatoms. The number of anilines is 1. The minimum Gasteiger partial charge on any atom is -0.306 e. The monoisotopic (exact) mass is 442 g/mol. The van der Waals surface area contributed by atoms with Gasteiger partial charge in [0.25, 0.3) is 11.8 Å². The van der Waals surface area contributed by atoms with Crippen molar-refractivity contribution in [2.24, 2.45) is 4.99 Å². The highest BCUT2D eigenvalue weighted by molar-refractivity contribution is 8.14. The van der Waals surface area contributed by atoms with E-state index in [4.69, 9.17) is 4.99 Å². The molecular weight excluding hydrogens is 424 g/mol. The minimum absolute atomic E-state index is 0.390. The topological polar surface area (TPSA) is 99.6 Å². The molecule has 0 saturated carbocycles. The number of fused-ring (bicyclic) bond motifs is 3. The molecule has 32 heavy (non-hydrogen) atoms. The van der Waals surface area contributed by atoms with Gasteiger partial charge in [-0.05, 0) is 55.1 Å². The molecule has 4 heterocycles. The number of pyridine rings is 2. The number of rotatable bonds is 3. The van der Waals surface area contributed by atoms with Gasteiger partial charge >= 0.3 is 0 Å². The maximum atomic E-state index is 13.3. The minimum atomic E-state index is -0.488. The molecule has 2 aromatic heterocycles. The van der Waals surface area contributed by atoms with Gasteiger partial charge in [0.2, 0.25) is 0 Å². The number of amides is 2. The average Bonchev–Trinajstić information content (AvgIpc) is 3.20. The van der Waals surface area contributed by atoms with E-state index >= 15 is 0 Å². The van der Waals surface area contributed by atoms with Crippen LogP contribution in [0.5, 0.6) is 0 Å². The van der Waals surface area contributed by atoms with Crippen molar-refractivity contribution in [2.75, 3.05) is 4.90 Å². The van der Waals surface area contributed by atoms with Gasteiger partial charge in [0, 0.05) is 29.0 Å². The van der Waals surface area contributed by atoms with Gasteiger partial charge in [-0.15, -0.1) is 0 Å². The Morgan fingerprint density at radius 3 is 2.47 bits per heavy atom. The van der Waals surface area contributed by atoms with Gasteiger partial charge in [0.15, 0.2) is 5.17 Å². The van der Waals surface area contributed by atoms with Gasteiger partial charge in [0.05, 0.1) is 22.7 Å². The molecule has 2 N–H and O–H groups in total. The SMILES string of the molecule is CC1=C(C(=O)NNC(=O)c2ccncc2)C(c2ccccn2)N2C(=N1)Sc1ccccc12. The van der Waals surface area contributed by atoms with Crippen LogP contribution in [0.2, 0.25) is 0 Å². The Labute approximate surface area is 188 Å². The molecule has 0 radical (unpaired) electrons. The number of hydrogen-bond acceptors (Lipinski definition) is 7. The zero-order chi connectivity index (χ0) is 22.1. The summed E-state index contributed by atoms with van der Waals surface area (Å²) in [5.41, 5.74) is 8.06. The van der Waals surface area contributed by atoms with Gasteiger partial charge in [-0.3, -0.25) is 30.4 Å². The molecule has 1 unspecified atom stereocenters. The Hall–Kier alpha value is -3.98. The molecule has 2 amide bonds. The number of nitrogens with zero attached hydrogens (tertiary/aromatic N) is 4. The predicted molar refractivity (Wildman–Crippen MR) is 122 cm³/mol. The third kappa shape index (κ3) is 3.52. The quantitative estimate of drug-likeness (QED) is 0.604. The van der Waals surface area contributed by atoms with E-state index in [-0.39, 0.29) is 0 Å². The van der Waals surface area contributed by atoms with E-state index in [1.54, 1.807) is 37.0 Å². The third-order valence-corrected chi connectivity index (χ3v) is 6.20. The van der Waals surface area contributed by atoms with E-state index in [9.17, 15) is 9.59 Å². The van der Waals surface area contributed by atoms with E-state index in [2.05, 4.69) is 20.8 Å². The van der Waals surface area contributed by atoms with Crippen LogP contribution in [0.4, 0.5) is 5.69 Å². The first-order chi connectivity index (χ1) is 15.6. The van der Waals surface area contributed by atoms with Crippen molar-refractivity contribution >= 4 is 34.4 Å². The lowest BCUT2D eigenvalue weighted by Crippen LogP contribution is -2.46. The van der Waals surface area contributed by atoms with Crippen LogP contribution in [0.25, 0.3) is 0 Å². The summed E-state index contributed by atoms with van der Waals surface area (Å²) in [6.07, 6.45) is 4.73. The Morgan fingerprint density at radius 1 is 0.938 bits per heavy atom. The molecule has 8 nitrogen and oxygen atoms in total. The average molecular weight is 443 g/mol. The number of hydrazine groups is 1. The largest absolute Gasteiger partial charge is 0.306 e. The summed E-state index contributed by atoms with van der Waals surface area (Å²) in [5.74, 6) is -0.881. The number of allylic oxidation sites excluding steroid dienone is 1. The molecule has 0 saturated heterocycles. The van der Waals surface area contributed by atoms with Crippen molar-refractivity contribution < 1.29 is 9.59 Å². The number of hydrogen-bond donors (Lipinski definition) is 2. The molecular formula is C23H18N6O2S. The number of aromatic nitrogens is 2. The second kappa shape index (κ2) is 8.27. The molecule has 0 aliphatic carbocycles. The fraction of sp³-hybridized carbons (Fsp3) is 0.0870. The molecule has 2 aliphatic rings. The van der Waals surface area contributed by atoms with Crippen molar-refractivity contribution in [1.82, 2.24) is 20.8 Å². The van der Waals surface area contributed by atoms with E-state index in [1.165, 1.54) is 12.4 Å². The van der Waals surface area contributed by atoms with E-state index in [0.29, 0.717) is 22.5 Å². The summed E-state index contributed by atoms with van der Waals surface area (Å²) in [5, 5.41) is 0.789. The molecule has 3 aromatic rings. The summed E-state index contributed by atoms with van der Waals surface area (Å²) in [7, 11) is 0. The number of para-hydroxylation sites is 1. The van der Waals surface area contributed by atoms with Gasteiger partial charge in [0.1, 0.15) is 6.04 Å². The Kier molecular flexibility index (Phi) is 5.16. The van der Waals surface area contributed by atoms with E-state index in [1.807, 2.05) is 47.4 Å². The number of carbonyl (C=O) groups excluding carboxylic acids is 2. The highest BCUT2D eigenvalue weighted by Crippen LogP contribution is 2.49. The highest BCUT2D eigenvalue weighted by atomic mass is 32.2. The van der Waals surface area contributed by atoms with Crippen LogP contribution in [-0.2, 0) is 4.79 Å². The zero-order valence-corrected chi connectivity index (χ0v) is 17.8. The number of nitrogens with one attached hydrogen (secondary N) is 2. The van der Waals surface area contributed by atoms with E-state index in [0.717, 1.165) is 15.8 Å². The molecule has 5 rings (SSSR count). The Bertz CT molecular complexity index is 1260. The molecule has 0 bridgehead atoms. The summed E-state index contributed by atoms with van der Waals surface area (Å²) < 4.78 is 0. The zero-order valence-electron chi connectivity index (χ0n) is 17.0. The molecule has 0 fully saturated rings. The lowest BCUT2D eigenvalue weighted by Gasteiger charge is -2.34. The highest BCUT2D eigenvalue weighted by Gasteiger charge is 2.41. The van der Waals surface area contributed by atoms with Gasteiger partial charge in [-0.25, -0.2) is 4.99 Å². The molecule has 158 valence electrons. The van der Waals surface area contributed by atoms with Gasteiger partial charge in [-0.2, -0.15) is 0 Å². The number of benzene rings is 1. The Morgan fingerprint density at radius 2 is 1.69 bits per heavy atom.